The Bertz CT molecular complexity index is 1600. The number of imidazole rings is 1. The van der Waals surface area contributed by atoms with E-state index < -0.39 is 0 Å². The van der Waals surface area contributed by atoms with Crippen LogP contribution in [0.25, 0.3) is 44.7 Å². The molecule has 0 spiro atoms. The molecule has 6 rings (SSSR count). The second-order valence-electron chi connectivity index (χ2n) is 9.99. The van der Waals surface area contributed by atoms with Crippen molar-refractivity contribution >= 4 is 21.9 Å². The molecule has 0 saturated carbocycles. The summed E-state index contributed by atoms with van der Waals surface area (Å²) in [6, 6.07) is 27.9. The normalized spacial score (nSPS) is 11.4. The highest BCUT2D eigenvalue weighted by Gasteiger charge is 2.22. The van der Waals surface area contributed by atoms with Crippen LogP contribution in [0.15, 0.2) is 97.5 Å². The molecule has 0 amide bonds. The van der Waals surface area contributed by atoms with Crippen LogP contribution in [0.1, 0.15) is 64.5 Å². The van der Waals surface area contributed by atoms with Crippen LogP contribution in [0.3, 0.4) is 0 Å². The standard InChI is InChI=1S/C32H30N4.C2H6/c1-21(2)26-19-24(36-28-14-9-8-13-25(28)30-29(36)15-10-16-33-30)20-27(22(3)4)31(26)35-18-17-34-32(35)23-11-6-5-7-12-23;1-2/h5-22H,1-4H3;1-2H3. The Morgan fingerprint density at radius 2 is 1.29 bits per heavy atom. The summed E-state index contributed by atoms with van der Waals surface area (Å²) < 4.78 is 4.64. The molecular formula is C34H36N4. The lowest BCUT2D eigenvalue weighted by atomic mass is 9.91. The molecule has 4 heteroatoms. The van der Waals surface area contributed by atoms with Gasteiger partial charge in [0, 0.05) is 35.2 Å². The number of benzene rings is 3. The molecule has 0 aliphatic rings. The van der Waals surface area contributed by atoms with Crippen LogP contribution in [-0.4, -0.2) is 19.1 Å². The van der Waals surface area contributed by atoms with E-state index >= 15 is 0 Å². The van der Waals surface area contributed by atoms with E-state index in [9.17, 15) is 0 Å². The first-order valence-electron chi connectivity index (χ1n) is 13.7. The van der Waals surface area contributed by atoms with Gasteiger partial charge < -0.3 is 4.57 Å². The minimum atomic E-state index is 0.328. The van der Waals surface area contributed by atoms with Gasteiger partial charge in [0.25, 0.3) is 0 Å². The Morgan fingerprint density at radius 3 is 1.97 bits per heavy atom. The van der Waals surface area contributed by atoms with Gasteiger partial charge in [0.1, 0.15) is 5.82 Å². The van der Waals surface area contributed by atoms with Crippen molar-refractivity contribution in [2.75, 3.05) is 0 Å². The monoisotopic (exact) mass is 500 g/mol. The van der Waals surface area contributed by atoms with Gasteiger partial charge in [0.15, 0.2) is 0 Å². The number of hydrogen-bond donors (Lipinski definition) is 0. The third kappa shape index (κ3) is 4.30. The van der Waals surface area contributed by atoms with Crippen LogP contribution in [-0.2, 0) is 0 Å². The van der Waals surface area contributed by atoms with E-state index in [1.807, 2.05) is 38.4 Å². The van der Waals surface area contributed by atoms with Gasteiger partial charge in [-0.15, -0.1) is 0 Å². The fourth-order valence-electron chi connectivity index (χ4n) is 5.30. The molecule has 3 aromatic heterocycles. The molecule has 4 nitrogen and oxygen atoms in total. The first kappa shape index (κ1) is 25.5. The van der Waals surface area contributed by atoms with E-state index in [1.165, 1.54) is 33.4 Å². The summed E-state index contributed by atoms with van der Waals surface area (Å²) in [5.74, 6) is 1.62. The number of para-hydroxylation sites is 1. The van der Waals surface area contributed by atoms with E-state index in [2.05, 4.69) is 110 Å². The molecule has 3 heterocycles. The third-order valence-electron chi connectivity index (χ3n) is 7.00. The lowest BCUT2D eigenvalue weighted by Crippen LogP contribution is -2.10. The summed E-state index contributed by atoms with van der Waals surface area (Å²) in [6.07, 6.45) is 5.88. The van der Waals surface area contributed by atoms with Crippen LogP contribution >= 0.6 is 0 Å². The highest BCUT2D eigenvalue weighted by molar-refractivity contribution is 6.06. The van der Waals surface area contributed by atoms with Gasteiger partial charge in [0.05, 0.1) is 22.2 Å². The van der Waals surface area contributed by atoms with Crippen molar-refractivity contribution < 1.29 is 0 Å². The predicted octanol–water partition coefficient (Wildman–Crippen LogP) is 9.30. The van der Waals surface area contributed by atoms with Crippen LogP contribution < -0.4 is 0 Å². The van der Waals surface area contributed by atoms with E-state index in [0.29, 0.717) is 11.8 Å². The fraction of sp³-hybridized carbons (Fsp3) is 0.235. The van der Waals surface area contributed by atoms with Gasteiger partial charge in [-0.25, -0.2) is 4.98 Å². The molecule has 6 aromatic rings. The highest BCUT2D eigenvalue weighted by Crippen LogP contribution is 2.38. The summed E-state index contributed by atoms with van der Waals surface area (Å²) in [4.78, 5) is 9.51. The molecule has 0 aliphatic heterocycles. The van der Waals surface area contributed by atoms with Crippen LogP contribution in [0, 0.1) is 0 Å². The molecule has 0 N–H and O–H groups in total. The second kappa shape index (κ2) is 10.7. The molecule has 0 aliphatic carbocycles. The maximum atomic E-state index is 4.77. The second-order valence-corrected chi connectivity index (χ2v) is 9.99. The van der Waals surface area contributed by atoms with Crippen molar-refractivity contribution in [3.8, 4) is 22.8 Å². The number of pyridine rings is 1. The number of fused-ring (bicyclic) bond motifs is 3. The van der Waals surface area contributed by atoms with Crippen LogP contribution in [0.4, 0.5) is 0 Å². The van der Waals surface area contributed by atoms with Crippen molar-refractivity contribution in [3.05, 3.63) is 109 Å². The lowest BCUT2D eigenvalue weighted by Gasteiger charge is -2.24. The average Bonchev–Trinajstić information content (AvgIpc) is 3.57. The van der Waals surface area contributed by atoms with Gasteiger partial charge in [-0.2, -0.15) is 0 Å². The van der Waals surface area contributed by atoms with E-state index in [1.54, 1.807) is 0 Å². The fourth-order valence-corrected chi connectivity index (χ4v) is 5.30. The number of nitrogens with zero attached hydrogens (tertiary/aromatic N) is 4. The zero-order chi connectivity index (χ0) is 26.8. The topological polar surface area (TPSA) is 35.6 Å². The van der Waals surface area contributed by atoms with Gasteiger partial charge in [-0.3, -0.25) is 9.55 Å². The molecule has 38 heavy (non-hydrogen) atoms. The Morgan fingerprint density at radius 1 is 0.658 bits per heavy atom. The van der Waals surface area contributed by atoms with Gasteiger partial charge in [0.2, 0.25) is 0 Å². The van der Waals surface area contributed by atoms with Crippen molar-refractivity contribution in [2.45, 2.75) is 53.4 Å². The summed E-state index contributed by atoms with van der Waals surface area (Å²) >= 11 is 0. The zero-order valence-electron chi connectivity index (χ0n) is 23.2. The zero-order valence-corrected chi connectivity index (χ0v) is 23.2. The first-order valence-corrected chi connectivity index (χ1v) is 13.7. The Kier molecular flexibility index (Phi) is 7.15. The molecule has 0 bridgehead atoms. The number of hydrogen-bond acceptors (Lipinski definition) is 2. The molecule has 0 radical (unpaired) electrons. The largest absolute Gasteiger partial charge is 0.308 e. The van der Waals surface area contributed by atoms with E-state index in [-0.39, 0.29) is 0 Å². The molecule has 0 saturated heterocycles. The van der Waals surface area contributed by atoms with Crippen LogP contribution in [0.2, 0.25) is 0 Å². The summed E-state index contributed by atoms with van der Waals surface area (Å²) in [6.45, 7) is 13.1. The maximum Gasteiger partial charge on any atom is 0.144 e. The summed E-state index contributed by atoms with van der Waals surface area (Å²) in [5, 5.41) is 1.18. The summed E-state index contributed by atoms with van der Waals surface area (Å²) in [5.41, 5.74) is 9.48. The Balaban J connectivity index is 0.00000144. The highest BCUT2D eigenvalue weighted by atomic mass is 15.1. The summed E-state index contributed by atoms with van der Waals surface area (Å²) in [7, 11) is 0. The lowest BCUT2D eigenvalue weighted by molar-refractivity contribution is 0.803. The first-order chi connectivity index (χ1) is 18.5. The third-order valence-corrected chi connectivity index (χ3v) is 7.00. The SMILES string of the molecule is CC.CC(C)c1cc(-n2c3ccccc3c3ncccc32)cc(C(C)C)c1-n1ccnc1-c1ccccc1. The Labute approximate surface area is 225 Å². The molecule has 0 unspecified atom stereocenters. The molecule has 0 atom stereocenters. The number of rotatable bonds is 5. The van der Waals surface area contributed by atoms with Crippen molar-refractivity contribution in [3.63, 3.8) is 0 Å². The van der Waals surface area contributed by atoms with Crippen molar-refractivity contribution in [2.24, 2.45) is 0 Å². The average molecular weight is 501 g/mol. The minimum Gasteiger partial charge on any atom is -0.308 e. The van der Waals surface area contributed by atoms with Gasteiger partial charge in [-0.1, -0.05) is 90.1 Å². The molecular weight excluding hydrogens is 464 g/mol. The quantitative estimate of drug-likeness (QED) is 0.236. The molecule has 0 fully saturated rings. The number of aromatic nitrogens is 4. The molecule has 192 valence electrons. The van der Waals surface area contributed by atoms with Gasteiger partial charge >= 0.3 is 0 Å². The van der Waals surface area contributed by atoms with Crippen molar-refractivity contribution in [1.29, 1.82) is 0 Å². The van der Waals surface area contributed by atoms with Gasteiger partial charge in [-0.05, 0) is 53.3 Å². The van der Waals surface area contributed by atoms with Crippen molar-refractivity contribution in [1.82, 2.24) is 19.1 Å². The van der Waals surface area contributed by atoms with Crippen LogP contribution in [0.5, 0.6) is 0 Å². The predicted molar refractivity (Wildman–Crippen MR) is 161 cm³/mol. The Hall–Kier alpha value is -4.18. The molecule has 3 aromatic carbocycles. The minimum absolute atomic E-state index is 0.328. The maximum absolute atomic E-state index is 4.77. The van der Waals surface area contributed by atoms with E-state index in [0.717, 1.165) is 22.4 Å². The smallest absolute Gasteiger partial charge is 0.144 e. The van der Waals surface area contributed by atoms with E-state index in [4.69, 9.17) is 9.97 Å².